The number of benzene rings is 1. The summed E-state index contributed by atoms with van der Waals surface area (Å²) in [6.07, 6.45) is 0.181. The molecule has 3 rings (SSSR count). The van der Waals surface area contributed by atoms with Crippen LogP contribution in [0.3, 0.4) is 0 Å². The highest BCUT2D eigenvalue weighted by Gasteiger charge is 2.28. The first-order valence-corrected chi connectivity index (χ1v) is 9.29. The smallest absolute Gasteiger partial charge is 0.254 e. The number of thioether (sulfide) groups is 1. The maximum Gasteiger partial charge on any atom is 0.254 e. The fourth-order valence-corrected chi connectivity index (χ4v) is 3.92. The highest BCUT2D eigenvalue weighted by molar-refractivity contribution is 7.99. The Kier molecular flexibility index (Phi) is 5.13. The van der Waals surface area contributed by atoms with E-state index in [9.17, 15) is 14.4 Å². The van der Waals surface area contributed by atoms with Crippen molar-refractivity contribution in [2.24, 2.45) is 5.73 Å². The normalized spacial score (nSPS) is 15.7. The monoisotopic (exact) mass is 372 g/mol. The molecule has 1 atom stereocenters. The molecule has 8 heteroatoms. The number of nitrogens with one attached hydrogen (secondary N) is 1. The third kappa shape index (κ3) is 3.80. The van der Waals surface area contributed by atoms with Gasteiger partial charge in [0.05, 0.1) is 11.7 Å². The molecule has 2 amide bonds. The van der Waals surface area contributed by atoms with Crippen LogP contribution in [0.5, 0.6) is 0 Å². The summed E-state index contributed by atoms with van der Waals surface area (Å²) in [5.41, 5.74) is 6.80. The number of carbonyl (C=O) groups excluding carboxylic acids is 2. The Morgan fingerprint density at radius 3 is 2.65 bits per heavy atom. The van der Waals surface area contributed by atoms with Crippen molar-refractivity contribution >= 4 is 29.3 Å². The summed E-state index contributed by atoms with van der Waals surface area (Å²) < 4.78 is 1.60. The Hall–Kier alpha value is -2.61. The number of primary amides is 1. The highest BCUT2D eigenvalue weighted by atomic mass is 32.2. The van der Waals surface area contributed by atoms with Crippen LogP contribution in [-0.2, 0) is 4.79 Å². The maximum atomic E-state index is 12.4. The Bertz CT molecular complexity index is 906. The van der Waals surface area contributed by atoms with Crippen LogP contribution in [-0.4, -0.2) is 27.1 Å². The van der Waals surface area contributed by atoms with Crippen molar-refractivity contribution in [2.45, 2.75) is 37.4 Å². The van der Waals surface area contributed by atoms with Crippen LogP contribution in [0.25, 0.3) is 0 Å². The van der Waals surface area contributed by atoms with Gasteiger partial charge in [-0.15, -0.1) is 0 Å². The number of nitrogens with two attached hydrogens (primary N) is 1. The van der Waals surface area contributed by atoms with Gasteiger partial charge in [0.25, 0.3) is 5.56 Å². The van der Waals surface area contributed by atoms with E-state index in [-0.39, 0.29) is 29.8 Å². The van der Waals surface area contributed by atoms with Gasteiger partial charge in [0.1, 0.15) is 0 Å². The molecule has 2 aromatic rings. The molecular formula is C18H20N4O3S. The highest BCUT2D eigenvalue weighted by Crippen LogP contribution is 2.32. The van der Waals surface area contributed by atoms with E-state index >= 15 is 0 Å². The molecule has 0 aliphatic carbocycles. The molecule has 0 spiro atoms. The van der Waals surface area contributed by atoms with Crippen LogP contribution in [0.2, 0.25) is 0 Å². The van der Waals surface area contributed by atoms with E-state index in [0.29, 0.717) is 22.2 Å². The number of hydrogen-bond acceptors (Lipinski definition) is 5. The third-order valence-corrected chi connectivity index (χ3v) is 5.27. The summed E-state index contributed by atoms with van der Waals surface area (Å²) in [6.45, 7) is 3.99. The number of nitrogens with zero attached hydrogens (tertiary/aromatic N) is 2. The van der Waals surface area contributed by atoms with Gasteiger partial charge in [0.15, 0.2) is 5.16 Å². The third-order valence-electron chi connectivity index (χ3n) is 4.18. The average molecular weight is 372 g/mol. The van der Waals surface area contributed by atoms with E-state index in [1.807, 2.05) is 13.8 Å². The molecule has 0 unspecified atom stereocenters. The first kappa shape index (κ1) is 18.2. The molecule has 1 aliphatic heterocycles. The van der Waals surface area contributed by atoms with Crippen molar-refractivity contribution in [3.05, 3.63) is 51.9 Å². The largest absolute Gasteiger partial charge is 0.366 e. The second kappa shape index (κ2) is 7.33. The molecule has 136 valence electrons. The summed E-state index contributed by atoms with van der Waals surface area (Å²) in [7, 11) is 0. The molecule has 0 bridgehead atoms. The van der Waals surface area contributed by atoms with Crippen molar-refractivity contribution in [3.63, 3.8) is 0 Å². The van der Waals surface area contributed by atoms with Crippen molar-refractivity contribution < 1.29 is 9.59 Å². The van der Waals surface area contributed by atoms with E-state index in [1.165, 1.54) is 11.8 Å². The summed E-state index contributed by atoms with van der Waals surface area (Å²) >= 11 is 1.50. The van der Waals surface area contributed by atoms with E-state index in [1.54, 1.807) is 34.9 Å². The lowest BCUT2D eigenvalue weighted by Gasteiger charge is -2.14. The van der Waals surface area contributed by atoms with Crippen LogP contribution >= 0.6 is 11.8 Å². The number of rotatable bonds is 5. The van der Waals surface area contributed by atoms with Crippen LogP contribution < -0.4 is 16.6 Å². The van der Waals surface area contributed by atoms with Gasteiger partial charge in [-0.2, -0.15) is 0 Å². The van der Waals surface area contributed by atoms with Crippen molar-refractivity contribution in [1.82, 2.24) is 9.55 Å². The van der Waals surface area contributed by atoms with Gasteiger partial charge in [-0.3, -0.25) is 19.0 Å². The lowest BCUT2D eigenvalue weighted by Crippen LogP contribution is -2.28. The van der Waals surface area contributed by atoms with E-state index in [2.05, 4.69) is 10.3 Å². The van der Waals surface area contributed by atoms with Crippen LogP contribution in [0.15, 0.2) is 40.3 Å². The number of aromatic nitrogens is 2. The number of fused-ring (bicyclic) bond motifs is 1. The molecule has 0 radical (unpaired) electrons. The zero-order valence-corrected chi connectivity index (χ0v) is 15.4. The van der Waals surface area contributed by atoms with E-state index in [0.717, 1.165) is 5.69 Å². The summed E-state index contributed by atoms with van der Waals surface area (Å²) in [6, 6.07) is 7.69. The predicted octanol–water partition coefficient (Wildman–Crippen LogP) is 2.14. The minimum Gasteiger partial charge on any atom is -0.366 e. The molecule has 3 N–H and O–H groups in total. The van der Waals surface area contributed by atoms with Crippen LogP contribution in [0, 0.1) is 0 Å². The first-order valence-electron chi connectivity index (χ1n) is 8.31. The van der Waals surface area contributed by atoms with Gasteiger partial charge in [-0.25, -0.2) is 4.98 Å². The fraction of sp³-hybridized carbons (Fsp3) is 0.333. The van der Waals surface area contributed by atoms with Crippen LogP contribution in [0.4, 0.5) is 5.69 Å². The Morgan fingerprint density at radius 2 is 2.04 bits per heavy atom. The van der Waals surface area contributed by atoms with Crippen molar-refractivity contribution in [2.75, 3.05) is 11.1 Å². The SMILES string of the molecule is CC(C)c1cc(=O)n2c(n1)SC[C@H]2CC(=O)Nc1ccc(C(N)=O)cc1. The van der Waals surface area contributed by atoms with Gasteiger partial charge >= 0.3 is 0 Å². The molecule has 2 heterocycles. The van der Waals surface area contributed by atoms with E-state index in [4.69, 9.17) is 5.73 Å². The Morgan fingerprint density at radius 1 is 1.35 bits per heavy atom. The molecule has 1 aliphatic rings. The van der Waals surface area contributed by atoms with Gasteiger partial charge in [-0.05, 0) is 30.2 Å². The standard InChI is InChI=1S/C18H20N4O3S/c1-10(2)14-8-16(24)22-13(9-26-18(22)21-14)7-15(23)20-12-5-3-11(4-6-12)17(19)25/h3-6,8,10,13H,7,9H2,1-2H3,(H2,19,25)(H,20,23)/t13-/m1/s1. The van der Waals surface area contributed by atoms with Crippen molar-refractivity contribution in [3.8, 4) is 0 Å². The zero-order chi connectivity index (χ0) is 18.8. The number of amides is 2. The molecule has 1 aromatic heterocycles. The van der Waals surface area contributed by atoms with Crippen molar-refractivity contribution in [1.29, 1.82) is 0 Å². The van der Waals surface area contributed by atoms with Gasteiger partial charge in [0, 0.05) is 29.5 Å². The topological polar surface area (TPSA) is 107 Å². The molecule has 0 saturated carbocycles. The summed E-state index contributed by atoms with van der Waals surface area (Å²) in [5, 5.41) is 3.45. The molecule has 1 aromatic carbocycles. The molecule has 26 heavy (non-hydrogen) atoms. The lowest BCUT2D eigenvalue weighted by molar-refractivity contribution is -0.116. The molecule has 0 saturated heterocycles. The molecule has 0 fully saturated rings. The summed E-state index contributed by atoms with van der Waals surface area (Å²) in [5.74, 6) is 0.0998. The Labute approximate surface area is 155 Å². The number of hydrogen-bond donors (Lipinski definition) is 2. The van der Waals surface area contributed by atoms with Gasteiger partial charge < -0.3 is 11.1 Å². The molecular weight excluding hydrogens is 352 g/mol. The Balaban J connectivity index is 1.70. The van der Waals surface area contributed by atoms with Gasteiger partial charge in [-0.1, -0.05) is 25.6 Å². The lowest BCUT2D eigenvalue weighted by atomic mass is 10.1. The zero-order valence-electron chi connectivity index (χ0n) is 14.6. The number of carbonyl (C=O) groups is 2. The maximum absolute atomic E-state index is 12.4. The van der Waals surface area contributed by atoms with E-state index < -0.39 is 5.91 Å². The quantitative estimate of drug-likeness (QED) is 0.782. The predicted molar refractivity (Wildman–Crippen MR) is 101 cm³/mol. The average Bonchev–Trinajstić information content (AvgIpc) is 2.98. The van der Waals surface area contributed by atoms with Gasteiger partial charge in [0.2, 0.25) is 11.8 Å². The minimum absolute atomic E-state index is 0.118. The summed E-state index contributed by atoms with van der Waals surface area (Å²) in [4.78, 5) is 40.4. The van der Waals surface area contributed by atoms with Crippen LogP contribution in [0.1, 0.15) is 48.3 Å². The molecule has 7 nitrogen and oxygen atoms in total. The fourth-order valence-electron chi connectivity index (χ4n) is 2.76. The minimum atomic E-state index is -0.518. The second-order valence-corrected chi connectivity index (χ2v) is 7.47. The second-order valence-electron chi connectivity index (χ2n) is 6.49. The number of anilines is 1. The first-order chi connectivity index (χ1) is 12.3.